The minimum Gasteiger partial charge on any atom is -0.396 e. The second-order valence-electron chi connectivity index (χ2n) is 6.23. The second kappa shape index (κ2) is 7.38. The lowest BCUT2D eigenvalue weighted by Gasteiger charge is -2.39. The third-order valence-electron chi connectivity index (χ3n) is 4.92. The molecule has 116 valence electrons. The van der Waals surface area contributed by atoms with Gasteiger partial charge in [0.25, 0.3) is 0 Å². The van der Waals surface area contributed by atoms with Gasteiger partial charge >= 0.3 is 0 Å². The number of nitrogens with zero attached hydrogens (tertiary/aromatic N) is 1. The summed E-state index contributed by atoms with van der Waals surface area (Å²) < 4.78 is 5.49. The van der Waals surface area contributed by atoms with E-state index in [4.69, 9.17) is 4.74 Å². The zero-order valence-corrected chi connectivity index (χ0v) is 12.6. The molecule has 0 aromatic heterocycles. The van der Waals surface area contributed by atoms with Crippen molar-refractivity contribution in [3.05, 3.63) is 0 Å². The predicted octanol–water partition coefficient (Wildman–Crippen LogP) is 0.766. The Balaban J connectivity index is 1.65. The highest BCUT2D eigenvalue weighted by atomic mass is 16.5. The van der Waals surface area contributed by atoms with Gasteiger partial charge in [0.15, 0.2) is 0 Å². The molecule has 2 rings (SSSR count). The lowest BCUT2D eigenvalue weighted by Crippen LogP contribution is -2.46. The number of amides is 1. The average molecular weight is 284 g/mol. The molecule has 0 radical (unpaired) electrons. The van der Waals surface area contributed by atoms with Gasteiger partial charge in [-0.15, -0.1) is 0 Å². The molecule has 2 aliphatic rings. The summed E-state index contributed by atoms with van der Waals surface area (Å²) in [5, 5.41) is 12.5. The molecule has 0 bridgehead atoms. The molecule has 2 fully saturated rings. The third-order valence-corrected chi connectivity index (χ3v) is 4.92. The van der Waals surface area contributed by atoms with Gasteiger partial charge < -0.3 is 15.2 Å². The Morgan fingerprint density at radius 3 is 2.75 bits per heavy atom. The number of carbonyl (C=O) groups excluding carboxylic acids is 1. The van der Waals surface area contributed by atoms with Crippen LogP contribution >= 0.6 is 0 Å². The fourth-order valence-corrected chi connectivity index (χ4v) is 3.10. The normalized spacial score (nSPS) is 26.6. The highest BCUT2D eigenvalue weighted by Crippen LogP contribution is 2.33. The molecule has 2 N–H and O–H groups in total. The highest BCUT2D eigenvalue weighted by molar-refractivity contribution is 5.78. The van der Waals surface area contributed by atoms with Gasteiger partial charge in [0.1, 0.15) is 0 Å². The van der Waals surface area contributed by atoms with Crippen molar-refractivity contribution in [2.75, 3.05) is 39.4 Å². The van der Waals surface area contributed by atoms with Crippen LogP contribution in [0.5, 0.6) is 0 Å². The summed E-state index contributed by atoms with van der Waals surface area (Å²) in [6, 6.07) is 0. The number of aliphatic hydroxyl groups is 1. The molecule has 0 aliphatic carbocycles. The van der Waals surface area contributed by atoms with Crippen LogP contribution in [-0.2, 0) is 9.53 Å². The Labute approximate surface area is 121 Å². The summed E-state index contributed by atoms with van der Waals surface area (Å²) in [6.07, 6.45) is 5.36. The number of nitrogens with one attached hydrogen (secondary N) is 1. The molecule has 2 saturated heterocycles. The van der Waals surface area contributed by atoms with Crippen LogP contribution in [-0.4, -0.2) is 61.4 Å². The van der Waals surface area contributed by atoms with E-state index in [0.29, 0.717) is 13.1 Å². The minimum atomic E-state index is 0.0880. The molecule has 1 amide bonds. The first kappa shape index (κ1) is 15.7. The molecule has 5 nitrogen and oxygen atoms in total. The van der Waals surface area contributed by atoms with Crippen molar-refractivity contribution < 1.29 is 14.6 Å². The van der Waals surface area contributed by atoms with E-state index >= 15 is 0 Å². The van der Waals surface area contributed by atoms with E-state index in [1.807, 2.05) is 0 Å². The molecule has 5 heteroatoms. The maximum Gasteiger partial charge on any atom is 0.234 e. The van der Waals surface area contributed by atoms with Crippen LogP contribution in [0.3, 0.4) is 0 Å². The second-order valence-corrected chi connectivity index (χ2v) is 6.23. The topological polar surface area (TPSA) is 61.8 Å². The number of aliphatic hydroxyl groups excluding tert-OH is 1. The maximum atomic E-state index is 11.9. The predicted molar refractivity (Wildman–Crippen MR) is 77.5 cm³/mol. The van der Waals surface area contributed by atoms with E-state index in [1.165, 1.54) is 0 Å². The molecular formula is C15H28N2O3. The van der Waals surface area contributed by atoms with E-state index in [1.54, 1.807) is 0 Å². The monoisotopic (exact) mass is 284 g/mol. The molecule has 0 aromatic rings. The van der Waals surface area contributed by atoms with Crippen molar-refractivity contribution in [2.24, 2.45) is 5.41 Å². The third kappa shape index (κ3) is 4.17. The fourth-order valence-electron chi connectivity index (χ4n) is 3.10. The van der Waals surface area contributed by atoms with E-state index in [2.05, 4.69) is 17.1 Å². The van der Waals surface area contributed by atoms with E-state index in [-0.39, 0.29) is 24.0 Å². The van der Waals surface area contributed by atoms with Crippen molar-refractivity contribution in [1.82, 2.24) is 10.2 Å². The first-order chi connectivity index (χ1) is 9.67. The van der Waals surface area contributed by atoms with Crippen LogP contribution in [0, 0.1) is 5.41 Å². The Hall–Kier alpha value is -0.650. The number of rotatable bonds is 6. The average Bonchev–Trinajstić information content (AvgIpc) is 3.00. The standard InChI is InChI=1S/C15H28N2O3/c1-2-15(12-18)5-7-17(8-6-15)11-14(19)16-10-13-4-3-9-20-13/h13,18H,2-12H2,1H3,(H,16,19). The summed E-state index contributed by atoms with van der Waals surface area (Å²) >= 11 is 0. The number of ether oxygens (including phenoxy) is 1. The van der Waals surface area contributed by atoms with Crippen LogP contribution in [0.4, 0.5) is 0 Å². The Bertz CT molecular complexity index is 302. The van der Waals surface area contributed by atoms with Gasteiger partial charge in [-0.05, 0) is 50.6 Å². The number of piperidine rings is 1. The lowest BCUT2D eigenvalue weighted by molar-refractivity contribution is -0.123. The van der Waals surface area contributed by atoms with Crippen LogP contribution < -0.4 is 5.32 Å². The summed E-state index contributed by atoms with van der Waals surface area (Å²) in [5.41, 5.74) is 0.0880. The zero-order valence-electron chi connectivity index (χ0n) is 12.6. The van der Waals surface area contributed by atoms with Gasteiger partial charge in [-0.1, -0.05) is 6.92 Å². The van der Waals surface area contributed by atoms with Gasteiger partial charge in [0.05, 0.1) is 12.6 Å². The minimum absolute atomic E-state index is 0.0880. The van der Waals surface area contributed by atoms with Gasteiger partial charge in [0.2, 0.25) is 5.91 Å². The molecule has 2 aliphatic heterocycles. The molecule has 20 heavy (non-hydrogen) atoms. The van der Waals surface area contributed by atoms with Gasteiger partial charge in [-0.2, -0.15) is 0 Å². The number of hydrogen-bond acceptors (Lipinski definition) is 4. The SMILES string of the molecule is CCC1(CO)CCN(CC(=O)NCC2CCCO2)CC1. The number of hydrogen-bond donors (Lipinski definition) is 2. The quantitative estimate of drug-likeness (QED) is 0.756. The fraction of sp³-hybridized carbons (Fsp3) is 0.933. The van der Waals surface area contributed by atoms with E-state index < -0.39 is 0 Å². The van der Waals surface area contributed by atoms with Crippen LogP contribution in [0.15, 0.2) is 0 Å². The van der Waals surface area contributed by atoms with Crippen LogP contribution in [0.1, 0.15) is 39.0 Å². The molecule has 1 atom stereocenters. The van der Waals surface area contributed by atoms with Crippen LogP contribution in [0.2, 0.25) is 0 Å². The molecule has 2 heterocycles. The highest BCUT2D eigenvalue weighted by Gasteiger charge is 2.32. The molecule has 0 spiro atoms. The maximum absolute atomic E-state index is 11.9. The molecule has 0 aromatic carbocycles. The van der Waals surface area contributed by atoms with Gasteiger partial charge in [-0.3, -0.25) is 9.69 Å². The largest absolute Gasteiger partial charge is 0.396 e. The van der Waals surface area contributed by atoms with Gasteiger partial charge in [-0.25, -0.2) is 0 Å². The van der Waals surface area contributed by atoms with Crippen molar-refractivity contribution >= 4 is 5.91 Å². The van der Waals surface area contributed by atoms with Gasteiger partial charge in [0, 0.05) is 19.8 Å². The molecule has 1 unspecified atom stereocenters. The Morgan fingerprint density at radius 1 is 1.45 bits per heavy atom. The van der Waals surface area contributed by atoms with Crippen molar-refractivity contribution in [3.8, 4) is 0 Å². The van der Waals surface area contributed by atoms with Crippen molar-refractivity contribution in [2.45, 2.75) is 45.1 Å². The summed E-state index contributed by atoms with van der Waals surface area (Å²) in [4.78, 5) is 14.1. The van der Waals surface area contributed by atoms with Crippen molar-refractivity contribution in [1.29, 1.82) is 0 Å². The lowest BCUT2D eigenvalue weighted by atomic mass is 9.77. The number of carbonyl (C=O) groups is 1. The Morgan fingerprint density at radius 2 is 2.20 bits per heavy atom. The van der Waals surface area contributed by atoms with Crippen molar-refractivity contribution in [3.63, 3.8) is 0 Å². The summed E-state index contributed by atoms with van der Waals surface area (Å²) in [5.74, 6) is 0.0912. The summed E-state index contributed by atoms with van der Waals surface area (Å²) in [6.45, 7) is 6.15. The molecule has 0 saturated carbocycles. The Kier molecular flexibility index (Phi) is 5.81. The zero-order chi connectivity index (χ0) is 14.4. The van der Waals surface area contributed by atoms with Crippen LogP contribution in [0.25, 0.3) is 0 Å². The number of likely N-dealkylation sites (tertiary alicyclic amines) is 1. The first-order valence-electron chi connectivity index (χ1n) is 7.89. The smallest absolute Gasteiger partial charge is 0.234 e. The van der Waals surface area contributed by atoms with E-state index in [9.17, 15) is 9.90 Å². The van der Waals surface area contributed by atoms with E-state index in [0.717, 1.165) is 51.8 Å². The molecular weight excluding hydrogens is 256 g/mol. The summed E-state index contributed by atoms with van der Waals surface area (Å²) in [7, 11) is 0. The first-order valence-corrected chi connectivity index (χ1v) is 7.89.